The highest BCUT2D eigenvalue weighted by molar-refractivity contribution is 7.10. The van der Waals surface area contributed by atoms with E-state index >= 15 is 0 Å². The van der Waals surface area contributed by atoms with Gasteiger partial charge in [-0.1, -0.05) is 119 Å². The fraction of sp³-hybridized carbons (Fsp3) is 0.455. The van der Waals surface area contributed by atoms with E-state index in [0.29, 0.717) is 23.7 Å². The molecule has 4 bridgehead atoms. The van der Waals surface area contributed by atoms with E-state index in [1.54, 1.807) is 36.8 Å². The first-order valence-electron chi connectivity index (χ1n) is 18.9. The number of aliphatic hydroxyl groups is 2. The SMILES string of the molecule is C/C=C/[C@H](O)C(C)(C)[C@@H]1C/C=C\[C@@H]2[C@H](/C=C/C=C\c3nc(cs3)C(=O)O[C@H](C(C)(C)[C@@H](O)/C=C/C)C\C=C/C=C\C=C\[C@H](OC)Cc3nc(co3)C(=O)O1)N2C. The van der Waals surface area contributed by atoms with E-state index in [2.05, 4.69) is 27.0 Å². The van der Waals surface area contributed by atoms with Gasteiger partial charge in [-0.15, -0.1) is 11.3 Å². The lowest BCUT2D eigenvalue weighted by atomic mass is 9.79. The number of likely N-dealkylation sites (N-methyl/N-ethyl adjacent to an activating group) is 1. The smallest absolute Gasteiger partial charge is 0.360 e. The van der Waals surface area contributed by atoms with Crippen molar-refractivity contribution in [2.75, 3.05) is 14.2 Å². The molecule has 2 aliphatic rings. The average molecular weight is 788 g/mol. The Hall–Kier alpha value is -4.46. The number of rotatable bonds is 7. The van der Waals surface area contributed by atoms with Crippen LogP contribution in [0.15, 0.2) is 107 Å². The first-order valence-corrected chi connectivity index (χ1v) is 19.8. The third kappa shape index (κ3) is 12.0. The molecule has 56 heavy (non-hydrogen) atoms. The van der Waals surface area contributed by atoms with E-state index in [1.807, 2.05) is 109 Å². The van der Waals surface area contributed by atoms with Gasteiger partial charge >= 0.3 is 11.9 Å². The van der Waals surface area contributed by atoms with Gasteiger partial charge in [0.25, 0.3) is 0 Å². The van der Waals surface area contributed by atoms with Crippen molar-refractivity contribution in [3.05, 3.63) is 125 Å². The van der Waals surface area contributed by atoms with Crippen LogP contribution in [0.2, 0.25) is 0 Å². The molecule has 0 aromatic carbocycles. The van der Waals surface area contributed by atoms with Gasteiger partial charge in [0.1, 0.15) is 23.5 Å². The van der Waals surface area contributed by atoms with Crippen molar-refractivity contribution in [1.82, 2.24) is 14.9 Å². The second-order valence-electron chi connectivity index (χ2n) is 15.0. The van der Waals surface area contributed by atoms with E-state index in [-0.39, 0.29) is 29.9 Å². The average Bonchev–Trinajstić information content (AvgIpc) is 3.51. The molecular weight excluding hydrogens is 731 g/mol. The van der Waals surface area contributed by atoms with Crippen molar-refractivity contribution in [2.45, 2.75) is 103 Å². The van der Waals surface area contributed by atoms with Crippen LogP contribution in [-0.4, -0.2) is 93.8 Å². The number of ether oxygens (including phenoxy) is 3. The van der Waals surface area contributed by atoms with Crippen LogP contribution in [-0.2, 0) is 20.6 Å². The molecular formula is C44H57N3O8S. The monoisotopic (exact) mass is 787 g/mol. The second-order valence-corrected chi connectivity index (χ2v) is 15.9. The number of esters is 2. The second kappa shape index (κ2) is 20.6. The number of hydrogen-bond acceptors (Lipinski definition) is 12. The van der Waals surface area contributed by atoms with Gasteiger partial charge in [0, 0.05) is 48.2 Å². The van der Waals surface area contributed by atoms with Crippen LogP contribution in [0.3, 0.4) is 0 Å². The summed E-state index contributed by atoms with van der Waals surface area (Å²) in [6.07, 6.45) is 28.7. The molecule has 0 saturated carbocycles. The van der Waals surface area contributed by atoms with Crippen molar-refractivity contribution >= 4 is 29.4 Å². The molecule has 4 heterocycles. The number of aromatic nitrogens is 2. The first kappa shape index (κ1) is 44.3. The lowest BCUT2D eigenvalue weighted by Gasteiger charge is -2.36. The zero-order valence-electron chi connectivity index (χ0n) is 33.6. The molecule has 0 aliphatic carbocycles. The molecule has 1 fully saturated rings. The van der Waals surface area contributed by atoms with Crippen LogP contribution in [0.4, 0.5) is 0 Å². The summed E-state index contributed by atoms with van der Waals surface area (Å²) in [6.45, 7) is 11.1. The third-order valence-electron chi connectivity index (χ3n) is 10.3. The van der Waals surface area contributed by atoms with Crippen molar-refractivity contribution < 1.29 is 38.4 Å². The Morgan fingerprint density at radius 2 is 1.41 bits per heavy atom. The fourth-order valence-electron chi connectivity index (χ4n) is 6.13. The number of carbonyl (C=O) groups is 2. The number of oxazole rings is 1. The van der Waals surface area contributed by atoms with E-state index in [0.717, 1.165) is 0 Å². The molecule has 2 aromatic heterocycles. The topological polar surface area (TPSA) is 144 Å². The third-order valence-corrected chi connectivity index (χ3v) is 11.1. The number of carbonyl (C=O) groups excluding carboxylic acids is 2. The Labute approximate surface area is 335 Å². The lowest BCUT2D eigenvalue weighted by molar-refractivity contribution is -0.0461. The quantitative estimate of drug-likeness (QED) is 0.162. The van der Waals surface area contributed by atoms with Gasteiger partial charge in [-0.2, -0.15) is 0 Å². The summed E-state index contributed by atoms with van der Waals surface area (Å²) in [5.41, 5.74) is -1.37. The number of allylic oxidation sites excluding steroid dienone is 8. The van der Waals surface area contributed by atoms with Crippen molar-refractivity contribution in [3.63, 3.8) is 0 Å². The standard InChI is InChI=1S/C44H57N3O8S/c1-9-19-35(48)43(3,4)37-24-15-13-11-12-14-21-30(52-8)27-39-45-31(28-53-39)41(50)54-38(44(5,6)36(49)20-10-2)25-18-23-34-33(47(34)7)22-16-17-26-40-46-32(29-56-40)42(51)55-37/h9-23,26,28-30,33-38,48-49H,24-25,27H2,1-8H3/b12-11-,15-13-,19-9+,20-10+,21-14+,22-16+,23-18-,26-17-/t30-,33-,34+,35-,36-,37-,38-,47?/m0/s1. The lowest BCUT2D eigenvalue weighted by Crippen LogP contribution is -2.42. The summed E-state index contributed by atoms with van der Waals surface area (Å²) < 4.78 is 23.3. The van der Waals surface area contributed by atoms with E-state index in [4.69, 9.17) is 18.6 Å². The minimum absolute atomic E-state index is 0.0355. The Kier molecular flexibility index (Phi) is 16.3. The van der Waals surface area contributed by atoms with Gasteiger partial charge in [0.15, 0.2) is 17.3 Å². The highest BCUT2D eigenvalue weighted by Gasteiger charge is 2.41. The number of fused-ring (bicyclic) bond motifs is 5. The fourth-order valence-corrected chi connectivity index (χ4v) is 6.82. The molecule has 302 valence electrons. The number of thiazole rings is 1. The number of methoxy groups -OCH3 is 1. The van der Waals surface area contributed by atoms with Crippen molar-refractivity contribution in [2.24, 2.45) is 10.8 Å². The molecule has 1 unspecified atom stereocenters. The van der Waals surface area contributed by atoms with Crippen LogP contribution >= 0.6 is 11.3 Å². The Morgan fingerprint density at radius 1 is 0.821 bits per heavy atom. The van der Waals surface area contributed by atoms with Gasteiger partial charge in [-0.25, -0.2) is 19.6 Å². The summed E-state index contributed by atoms with van der Waals surface area (Å²) in [7, 11) is 3.60. The molecule has 0 amide bonds. The van der Waals surface area contributed by atoms with E-state index < -0.39 is 53.3 Å². The molecule has 4 rings (SSSR count). The van der Waals surface area contributed by atoms with Gasteiger partial charge in [-0.3, -0.25) is 4.90 Å². The maximum atomic E-state index is 13.4. The van der Waals surface area contributed by atoms with Crippen LogP contribution in [0.1, 0.15) is 86.3 Å². The zero-order valence-corrected chi connectivity index (χ0v) is 34.5. The Morgan fingerprint density at radius 3 is 2.05 bits per heavy atom. The summed E-state index contributed by atoms with van der Waals surface area (Å²) in [4.78, 5) is 37.8. The number of aliphatic hydroxyl groups excluding tert-OH is 2. The summed E-state index contributed by atoms with van der Waals surface area (Å²) >= 11 is 1.34. The van der Waals surface area contributed by atoms with Crippen LogP contribution in [0.5, 0.6) is 0 Å². The molecule has 11 nitrogen and oxygen atoms in total. The van der Waals surface area contributed by atoms with Gasteiger partial charge in [-0.05, 0) is 27.0 Å². The van der Waals surface area contributed by atoms with Gasteiger partial charge in [0.05, 0.1) is 24.7 Å². The molecule has 2 N–H and O–H groups in total. The number of hydrogen-bond donors (Lipinski definition) is 2. The first-order chi connectivity index (χ1) is 26.7. The maximum Gasteiger partial charge on any atom is 0.360 e. The van der Waals surface area contributed by atoms with Gasteiger partial charge < -0.3 is 28.8 Å². The highest BCUT2D eigenvalue weighted by atomic mass is 32.1. The predicted molar refractivity (Wildman–Crippen MR) is 220 cm³/mol. The summed E-state index contributed by atoms with van der Waals surface area (Å²) in [6, 6.07) is 0.318. The normalized spacial score (nSPS) is 29.3. The Bertz CT molecular complexity index is 1840. The molecule has 1 saturated heterocycles. The van der Waals surface area contributed by atoms with Gasteiger partial charge in [0.2, 0.25) is 0 Å². The molecule has 12 heteroatoms. The van der Waals surface area contributed by atoms with Crippen LogP contribution in [0.25, 0.3) is 6.08 Å². The summed E-state index contributed by atoms with van der Waals surface area (Å²) in [5, 5.41) is 24.2. The molecule has 2 aliphatic heterocycles. The minimum atomic E-state index is -0.856. The zero-order chi connectivity index (χ0) is 40.9. The Balaban J connectivity index is 1.60. The van der Waals surface area contributed by atoms with E-state index in [1.165, 1.54) is 17.6 Å². The summed E-state index contributed by atoms with van der Waals surface area (Å²) in [5.74, 6) is -0.883. The molecule has 8 atom stereocenters. The van der Waals surface area contributed by atoms with Crippen molar-refractivity contribution in [3.8, 4) is 0 Å². The molecule has 0 spiro atoms. The molecule has 2 aromatic rings. The predicted octanol–water partition coefficient (Wildman–Crippen LogP) is 7.64. The van der Waals surface area contributed by atoms with Crippen LogP contribution in [0, 0.1) is 10.8 Å². The maximum absolute atomic E-state index is 13.4. The van der Waals surface area contributed by atoms with E-state index in [9.17, 15) is 19.8 Å². The largest absolute Gasteiger partial charge is 0.457 e. The molecule has 0 radical (unpaired) electrons. The highest BCUT2D eigenvalue weighted by Crippen LogP contribution is 2.34. The minimum Gasteiger partial charge on any atom is -0.457 e. The van der Waals surface area contributed by atoms with Crippen LogP contribution < -0.4 is 0 Å². The number of nitrogens with zero attached hydrogens (tertiary/aromatic N) is 3. The van der Waals surface area contributed by atoms with Crippen molar-refractivity contribution in [1.29, 1.82) is 0 Å². The number of cyclic esters (lactones) is 2.